The second-order valence-corrected chi connectivity index (χ2v) is 15.4. The molecule has 0 atom stereocenters. The zero-order chi connectivity index (χ0) is 36.5. The van der Waals surface area contributed by atoms with Crippen molar-refractivity contribution in [2.24, 2.45) is 0 Å². The molecule has 1 aromatic heterocycles. The standard InChI is InChI=1S/C49H45N3/c1-8-33-24-27-39(34-18-12-9-13-19-34)42(30-33)45-50-46(43-31-37(48(2,3)4)25-28-40(43)35-20-14-10-15-21-35)52-47(51-45)44-32-38(49(5,6)7)26-29-41(44)36-22-16-11-17-23-36/h8-32H,1H2,2-7H3. The fraction of sp³-hybridized carbons (Fsp3) is 0.163. The summed E-state index contributed by atoms with van der Waals surface area (Å²) >= 11 is 0. The van der Waals surface area contributed by atoms with Crippen molar-refractivity contribution in [2.75, 3.05) is 0 Å². The summed E-state index contributed by atoms with van der Waals surface area (Å²) in [5.74, 6) is 1.88. The normalized spacial score (nSPS) is 11.7. The Hall–Kier alpha value is -5.93. The molecule has 3 nitrogen and oxygen atoms in total. The van der Waals surface area contributed by atoms with Crippen LogP contribution in [0.4, 0.5) is 0 Å². The van der Waals surface area contributed by atoms with Crippen LogP contribution in [0.3, 0.4) is 0 Å². The Balaban J connectivity index is 1.60. The predicted molar refractivity (Wildman–Crippen MR) is 220 cm³/mol. The average Bonchev–Trinajstić information content (AvgIpc) is 3.17. The van der Waals surface area contributed by atoms with Crippen molar-refractivity contribution in [2.45, 2.75) is 52.4 Å². The lowest BCUT2D eigenvalue weighted by molar-refractivity contribution is 0.590. The Morgan fingerprint density at radius 3 is 1.04 bits per heavy atom. The van der Waals surface area contributed by atoms with Crippen LogP contribution in [0.1, 0.15) is 58.2 Å². The minimum atomic E-state index is -0.0804. The maximum Gasteiger partial charge on any atom is 0.164 e. The summed E-state index contributed by atoms with van der Waals surface area (Å²) in [6.07, 6.45) is 1.88. The van der Waals surface area contributed by atoms with Crippen LogP contribution in [0.5, 0.6) is 0 Å². The van der Waals surface area contributed by atoms with Crippen LogP contribution >= 0.6 is 0 Å². The third-order valence-electron chi connectivity index (χ3n) is 9.66. The summed E-state index contributed by atoms with van der Waals surface area (Å²) in [6, 6.07) is 51.3. The van der Waals surface area contributed by atoms with E-state index in [1.54, 1.807) is 0 Å². The summed E-state index contributed by atoms with van der Waals surface area (Å²) in [4.78, 5) is 16.2. The van der Waals surface area contributed by atoms with Gasteiger partial charge in [-0.1, -0.05) is 182 Å². The van der Waals surface area contributed by atoms with E-state index in [-0.39, 0.29) is 10.8 Å². The molecule has 0 spiro atoms. The molecule has 0 aliphatic rings. The molecule has 0 unspecified atom stereocenters. The van der Waals surface area contributed by atoms with Gasteiger partial charge in [-0.3, -0.25) is 0 Å². The van der Waals surface area contributed by atoms with E-state index in [1.807, 2.05) is 12.1 Å². The van der Waals surface area contributed by atoms with Gasteiger partial charge in [-0.05, 0) is 79.1 Å². The third-order valence-corrected chi connectivity index (χ3v) is 9.66. The van der Waals surface area contributed by atoms with Crippen LogP contribution in [-0.2, 0) is 10.8 Å². The van der Waals surface area contributed by atoms with E-state index in [9.17, 15) is 0 Å². The molecule has 3 heteroatoms. The van der Waals surface area contributed by atoms with E-state index in [1.165, 1.54) is 11.1 Å². The number of benzene rings is 6. The van der Waals surface area contributed by atoms with Gasteiger partial charge in [-0.15, -0.1) is 0 Å². The molecule has 1 heterocycles. The van der Waals surface area contributed by atoms with Gasteiger partial charge in [0.25, 0.3) is 0 Å². The highest BCUT2D eigenvalue weighted by molar-refractivity contribution is 5.88. The molecular weight excluding hydrogens is 631 g/mol. The van der Waals surface area contributed by atoms with Crippen molar-refractivity contribution in [3.05, 3.63) is 169 Å². The molecule has 0 aliphatic carbocycles. The highest BCUT2D eigenvalue weighted by atomic mass is 15.0. The number of aromatic nitrogens is 3. The first-order valence-corrected chi connectivity index (χ1v) is 18.0. The molecule has 0 radical (unpaired) electrons. The Morgan fingerprint density at radius 1 is 0.385 bits per heavy atom. The van der Waals surface area contributed by atoms with E-state index >= 15 is 0 Å². The van der Waals surface area contributed by atoms with Crippen molar-refractivity contribution in [1.82, 2.24) is 15.0 Å². The van der Waals surface area contributed by atoms with Gasteiger partial charge in [0.2, 0.25) is 0 Å². The molecule has 6 aromatic carbocycles. The fourth-order valence-corrected chi connectivity index (χ4v) is 6.61. The van der Waals surface area contributed by atoms with Crippen molar-refractivity contribution >= 4 is 6.08 Å². The largest absolute Gasteiger partial charge is 0.208 e. The van der Waals surface area contributed by atoms with E-state index < -0.39 is 0 Å². The highest BCUT2D eigenvalue weighted by Gasteiger charge is 2.24. The molecule has 256 valence electrons. The van der Waals surface area contributed by atoms with Crippen molar-refractivity contribution in [3.8, 4) is 67.5 Å². The van der Waals surface area contributed by atoms with Crippen LogP contribution in [-0.4, -0.2) is 15.0 Å². The Bertz CT molecular complexity index is 2240. The Kier molecular flexibility index (Phi) is 9.29. The molecule has 0 fully saturated rings. The van der Waals surface area contributed by atoms with E-state index in [4.69, 9.17) is 15.0 Å². The van der Waals surface area contributed by atoms with Gasteiger partial charge < -0.3 is 0 Å². The summed E-state index contributed by atoms with van der Waals surface area (Å²) in [6.45, 7) is 17.6. The SMILES string of the molecule is C=Cc1ccc(-c2ccccc2)c(-c2nc(-c3cc(C(C)(C)C)ccc3-c3ccccc3)nc(-c3cc(C(C)(C)C)ccc3-c3ccccc3)n2)c1. The predicted octanol–water partition coefficient (Wildman–Crippen LogP) is 13.1. The smallest absolute Gasteiger partial charge is 0.164 e. The third kappa shape index (κ3) is 7.13. The number of hydrogen-bond donors (Lipinski definition) is 0. The maximum absolute atomic E-state index is 5.42. The van der Waals surface area contributed by atoms with Crippen LogP contribution < -0.4 is 0 Å². The lowest BCUT2D eigenvalue weighted by atomic mass is 9.84. The Morgan fingerprint density at radius 2 is 0.712 bits per heavy atom. The molecule has 0 aliphatic heterocycles. The van der Waals surface area contributed by atoms with E-state index in [0.29, 0.717) is 17.5 Å². The molecule has 0 bridgehead atoms. The molecule has 52 heavy (non-hydrogen) atoms. The first kappa shape index (κ1) is 34.5. The van der Waals surface area contributed by atoms with E-state index in [2.05, 4.69) is 188 Å². The Labute approximate surface area is 308 Å². The lowest BCUT2D eigenvalue weighted by Gasteiger charge is -2.23. The van der Waals surface area contributed by atoms with Gasteiger partial charge in [0.15, 0.2) is 17.5 Å². The quantitative estimate of drug-likeness (QED) is 0.169. The van der Waals surface area contributed by atoms with Crippen LogP contribution in [0.25, 0.3) is 73.6 Å². The minimum Gasteiger partial charge on any atom is -0.208 e. The first-order valence-electron chi connectivity index (χ1n) is 18.0. The zero-order valence-electron chi connectivity index (χ0n) is 31.0. The molecule has 0 saturated carbocycles. The van der Waals surface area contributed by atoms with Crippen LogP contribution in [0.2, 0.25) is 0 Å². The summed E-state index contributed by atoms with van der Waals surface area (Å²) < 4.78 is 0. The molecule has 7 rings (SSSR count). The van der Waals surface area contributed by atoms with Crippen molar-refractivity contribution in [1.29, 1.82) is 0 Å². The summed E-state index contributed by atoms with van der Waals surface area (Å²) in [5.41, 5.74) is 12.6. The molecule has 0 saturated heterocycles. The lowest BCUT2D eigenvalue weighted by Crippen LogP contribution is -2.12. The molecular formula is C49H45N3. The summed E-state index contributed by atoms with van der Waals surface area (Å²) in [7, 11) is 0. The minimum absolute atomic E-state index is 0.0804. The van der Waals surface area contributed by atoms with Crippen molar-refractivity contribution < 1.29 is 0 Å². The average molecular weight is 676 g/mol. The van der Waals surface area contributed by atoms with Gasteiger partial charge in [0.05, 0.1) is 0 Å². The van der Waals surface area contributed by atoms with Gasteiger partial charge in [-0.25, -0.2) is 15.0 Å². The second-order valence-electron chi connectivity index (χ2n) is 15.4. The van der Waals surface area contributed by atoms with Gasteiger partial charge in [0.1, 0.15) is 0 Å². The van der Waals surface area contributed by atoms with Crippen LogP contribution in [0.15, 0.2) is 152 Å². The van der Waals surface area contributed by atoms with Crippen LogP contribution in [0, 0.1) is 0 Å². The topological polar surface area (TPSA) is 38.7 Å². The first-order chi connectivity index (χ1) is 25.0. The molecule has 0 amide bonds. The van der Waals surface area contributed by atoms with Gasteiger partial charge >= 0.3 is 0 Å². The number of hydrogen-bond acceptors (Lipinski definition) is 3. The number of rotatable bonds is 7. The van der Waals surface area contributed by atoms with E-state index in [0.717, 1.165) is 55.6 Å². The summed E-state index contributed by atoms with van der Waals surface area (Å²) in [5, 5.41) is 0. The molecule has 0 N–H and O–H groups in total. The highest BCUT2D eigenvalue weighted by Crippen LogP contribution is 2.40. The zero-order valence-corrected chi connectivity index (χ0v) is 31.0. The van der Waals surface area contributed by atoms with Gasteiger partial charge in [-0.2, -0.15) is 0 Å². The molecule has 7 aromatic rings. The second kappa shape index (κ2) is 14.0. The fourth-order valence-electron chi connectivity index (χ4n) is 6.61. The maximum atomic E-state index is 5.42. The number of nitrogens with zero attached hydrogens (tertiary/aromatic N) is 3. The monoisotopic (exact) mass is 675 g/mol. The van der Waals surface area contributed by atoms with Crippen molar-refractivity contribution in [3.63, 3.8) is 0 Å². The van der Waals surface area contributed by atoms with Gasteiger partial charge in [0, 0.05) is 16.7 Å².